The Morgan fingerprint density at radius 1 is 0.889 bits per heavy atom. The van der Waals surface area contributed by atoms with Crippen LogP contribution in [-0.2, 0) is 11.3 Å². The van der Waals surface area contributed by atoms with E-state index < -0.39 is 0 Å². The molecule has 148 valence electrons. The molecule has 0 aromatic heterocycles. The Labute approximate surface area is 166 Å². The first-order chi connectivity index (χ1) is 13.1. The summed E-state index contributed by atoms with van der Waals surface area (Å²) in [6.07, 6.45) is 15.0. The van der Waals surface area contributed by atoms with Crippen molar-refractivity contribution in [3.63, 3.8) is 0 Å². The first-order valence-corrected chi connectivity index (χ1v) is 11.7. The monoisotopic (exact) mass is 366 g/mol. The van der Waals surface area contributed by atoms with Gasteiger partial charge < -0.3 is 4.74 Å². The van der Waals surface area contributed by atoms with Crippen molar-refractivity contribution >= 4 is 0 Å². The third kappa shape index (κ3) is 3.09. The highest BCUT2D eigenvalue weighted by atomic mass is 16.5. The molecule has 1 nitrogen and oxygen atoms in total. The maximum Gasteiger partial charge on any atom is 0.0720 e. The van der Waals surface area contributed by atoms with Crippen molar-refractivity contribution in [2.45, 2.75) is 90.8 Å². The predicted octanol–water partition coefficient (Wildman–Crippen LogP) is 7.00. The number of ether oxygens (including phenoxy) is 1. The highest BCUT2D eigenvalue weighted by Crippen LogP contribution is 2.66. The maximum absolute atomic E-state index is 6.38. The van der Waals surface area contributed by atoms with E-state index in [1.54, 1.807) is 0 Å². The summed E-state index contributed by atoms with van der Waals surface area (Å²) in [5.74, 6) is 3.98. The summed E-state index contributed by atoms with van der Waals surface area (Å²) in [7, 11) is 0. The molecule has 3 unspecified atom stereocenters. The quantitative estimate of drug-likeness (QED) is 0.559. The van der Waals surface area contributed by atoms with Crippen molar-refractivity contribution in [1.29, 1.82) is 0 Å². The molecule has 0 bridgehead atoms. The van der Waals surface area contributed by atoms with Gasteiger partial charge in [-0.05, 0) is 97.9 Å². The number of fused-ring (bicyclic) bond motifs is 5. The summed E-state index contributed by atoms with van der Waals surface area (Å²) in [5, 5.41) is 0. The Morgan fingerprint density at radius 3 is 2.59 bits per heavy atom. The van der Waals surface area contributed by atoms with Crippen molar-refractivity contribution in [2.24, 2.45) is 34.5 Å². The van der Waals surface area contributed by atoms with Gasteiger partial charge in [0.25, 0.3) is 0 Å². The molecule has 0 spiro atoms. The Morgan fingerprint density at radius 2 is 1.74 bits per heavy atom. The third-order valence-corrected chi connectivity index (χ3v) is 9.73. The number of hydrogen-bond acceptors (Lipinski definition) is 1. The smallest absolute Gasteiger partial charge is 0.0720 e. The molecular formula is C26H38O. The van der Waals surface area contributed by atoms with Crippen LogP contribution in [0.15, 0.2) is 30.3 Å². The van der Waals surface area contributed by atoms with Crippen LogP contribution in [0.3, 0.4) is 0 Å². The van der Waals surface area contributed by atoms with E-state index in [2.05, 4.69) is 44.2 Å². The molecule has 4 saturated carbocycles. The molecule has 0 saturated heterocycles. The van der Waals surface area contributed by atoms with Gasteiger partial charge in [-0.15, -0.1) is 0 Å². The van der Waals surface area contributed by atoms with Gasteiger partial charge in [0, 0.05) is 0 Å². The predicted molar refractivity (Wildman–Crippen MR) is 111 cm³/mol. The normalized spacial score (nSPS) is 46.4. The lowest BCUT2D eigenvalue weighted by Gasteiger charge is -2.60. The van der Waals surface area contributed by atoms with E-state index in [1.807, 2.05) is 0 Å². The van der Waals surface area contributed by atoms with E-state index in [-0.39, 0.29) is 0 Å². The van der Waals surface area contributed by atoms with E-state index in [9.17, 15) is 0 Å². The fraction of sp³-hybridized carbons (Fsp3) is 0.769. The van der Waals surface area contributed by atoms with Gasteiger partial charge >= 0.3 is 0 Å². The van der Waals surface area contributed by atoms with Gasteiger partial charge in [0.15, 0.2) is 0 Å². The molecular weight excluding hydrogens is 328 g/mol. The zero-order valence-electron chi connectivity index (χ0n) is 17.5. The summed E-state index contributed by atoms with van der Waals surface area (Å²) >= 11 is 0. The second-order valence-electron chi connectivity index (χ2n) is 10.9. The molecule has 4 fully saturated rings. The summed E-state index contributed by atoms with van der Waals surface area (Å²) in [6.45, 7) is 6.10. The molecule has 0 radical (unpaired) electrons. The van der Waals surface area contributed by atoms with Gasteiger partial charge in [-0.2, -0.15) is 0 Å². The van der Waals surface area contributed by atoms with Crippen molar-refractivity contribution < 1.29 is 4.74 Å². The van der Waals surface area contributed by atoms with Gasteiger partial charge in [0.1, 0.15) is 0 Å². The SMILES string of the molecule is C[C@@]12CCCC1C1CC[C@H]3C[C@@H](OCc4ccccc4)CC[C@]3(C)C1CC2. The standard InChI is InChI=1S/C26H38O/c1-25-14-6-9-23(25)22-11-10-20-17-21(27-18-19-7-4-3-5-8-19)12-16-26(20,2)24(22)13-15-25/h3-5,7-8,20-24H,6,9-18H2,1-2H3/t20-,21-,22?,23?,24?,25-,26-/m0/s1. The Balaban J connectivity index is 1.25. The summed E-state index contributed by atoms with van der Waals surface area (Å²) in [5.41, 5.74) is 2.61. The van der Waals surface area contributed by atoms with E-state index in [0.717, 1.165) is 30.3 Å². The van der Waals surface area contributed by atoms with Crippen LogP contribution in [0.25, 0.3) is 0 Å². The number of hydrogen-bond donors (Lipinski definition) is 0. The lowest BCUT2D eigenvalue weighted by molar-refractivity contribution is -0.131. The van der Waals surface area contributed by atoms with E-state index in [4.69, 9.17) is 4.74 Å². The average Bonchev–Trinajstić information content (AvgIpc) is 3.09. The lowest BCUT2D eigenvalue weighted by atomic mass is 9.45. The molecule has 1 aromatic carbocycles. The van der Waals surface area contributed by atoms with Crippen LogP contribution in [0.1, 0.15) is 83.6 Å². The molecule has 0 heterocycles. The van der Waals surface area contributed by atoms with Crippen LogP contribution in [-0.4, -0.2) is 6.10 Å². The molecule has 1 aromatic rings. The minimum Gasteiger partial charge on any atom is -0.374 e. The molecule has 4 aliphatic carbocycles. The third-order valence-electron chi connectivity index (χ3n) is 9.73. The zero-order chi connectivity index (χ0) is 18.5. The first kappa shape index (κ1) is 18.2. The number of rotatable bonds is 3. The maximum atomic E-state index is 6.38. The minimum atomic E-state index is 0.486. The van der Waals surface area contributed by atoms with E-state index in [1.165, 1.54) is 69.8 Å². The Kier molecular flexibility index (Phi) is 4.66. The van der Waals surface area contributed by atoms with Crippen molar-refractivity contribution in [1.82, 2.24) is 0 Å². The molecule has 27 heavy (non-hydrogen) atoms. The average molecular weight is 367 g/mol. The molecule has 0 amide bonds. The molecule has 1 heteroatoms. The lowest BCUT2D eigenvalue weighted by Crippen LogP contribution is -2.53. The van der Waals surface area contributed by atoms with Crippen LogP contribution in [0.4, 0.5) is 0 Å². The van der Waals surface area contributed by atoms with Crippen LogP contribution >= 0.6 is 0 Å². The highest BCUT2D eigenvalue weighted by Gasteiger charge is 2.57. The second-order valence-corrected chi connectivity index (χ2v) is 10.9. The van der Waals surface area contributed by atoms with Crippen LogP contribution in [0, 0.1) is 34.5 Å². The summed E-state index contributed by atoms with van der Waals surface area (Å²) in [4.78, 5) is 0. The van der Waals surface area contributed by atoms with Crippen LogP contribution in [0.2, 0.25) is 0 Å². The highest BCUT2D eigenvalue weighted by molar-refractivity contribution is 5.13. The summed E-state index contributed by atoms with van der Waals surface area (Å²) < 4.78 is 6.38. The van der Waals surface area contributed by atoms with Gasteiger partial charge in [0.05, 0.1) is 12.7 Å². The first-order valence-electron chi connectivity index (χ1n) is 11.7. The Hall–Kier alpha value is -0.820. The molecule has 0 N–H and O–H groups in total. The summed E-state index contributed by atoms with van der Waals surface area (Å²) in [6, 6.07) is 10.7. The van der Waals surface area contributed by atoms with Gasteiger partial charge in [-0.25, -0.2) is 0 Å². The minimum absolute atomic E-state index is 0.486. The zero-order valence-corrected chi connectivity index (χ0v) is 17.5. The van der Waals surface area contributed by atoms with Crippen molar-refractivity contribution in [3.05, 3.63) is 35.9 Å². The van der Waals surface area contributed by atoms with Crippen LogP contribution < -0.4 is 0 Å². The molecule has 5 rings (SSSR count). The van der Waals surface area contributed by atoms with Gasteiger partial charge in [-0.1, -0.05) is 50.6 Å². The molecule has 4 aliphatic rings. The molecule has 7 atom stereocenters. The Bertz CT molecular complexity index is 653. The van der Waals surface area contributed by atoms with E-state index >= 15 is 0 Å². The van der Waals surface area contributed by atoms with Crippen LogP contribution in [0.5, 0.6) is 0 Å². The topological polar surface area (TPSA) is 9.23 Å². The fourth-order valence-electron chi connectivity index (χ4n) is 8.15. The van der Waals surface area contributed by atoms with Gasteiger partial charge in [-0.3, -0.25) is 0 Å². The number of benzene rings is 1. The van der Waals surface area contributed by atoms with Gasteiger partial charge in [0.2, 0.25) is 0 Å². The fourth-order valence-corrected chi connectivity index (χ4v) is 8.15. The van der Waals surface area contributed by atoms with Crippen molar-refractivity contribution in [2.75, 3.05) is 0 Å². The largest absolute Gasteiger partial charge is 0.374 e. The van der Waals surface area contributed by atoms with E-state index in [0.29, 0.717) is 16.9 Å². The van der Waals surface area contributed by atoms with Crippen molar-refractivity contribution in [3.8, 4) is 0 Å². The second kappa shape index (κ2) is 6.90. The molecule has 0 aliphatic heterocycles.